The van der Waals surface area contributed by atoms with Gasteiger partial charge in [-0.25, -0.2) is 0 Å². The molecule has 0 spiro atoms. The Morgan fingerprint density at radius 1 is 1.16 bits per heavy atom. The molecule has 3 aromatic rings. The average molecular weight is 435 g/mol. The number of aromatic nitrogens is 3. The molecular weight excluding hydrogens is 404 g/mol. The summed E-state index contributed by atoms with van der Waals surface area (Å²) >= 11 is 0. The van der Waals surface area contributed by atoms with Gasteiger partial charge in [-0.05, 0) is 50.8 Å². The van der Waals surface area contributed by atoms with Crippen molar-refractivity contribution >= 4 is 22.6 Å². The monoisotopic (exact) mass is 434 g/mol. The third-order valence-corrected chi connectivity index (χ3v) is 6.27. The summed E-state index contributed by atoms with van der Waals surface area (Å²) in [5, 5.41) is 7.74. The minimum atomic E-state index is -0.313. The summed E-state index contributed by atoms with van der Waals surface area (Å²) in [6.45, 7) is 11.6. The maximum atomic E-state index is 13.3. The number of aryl methyl sites for hydroxylation is 2. The number of nitrogens with one attached hydrogen (secondary N) is 1. The lowest BCUT2D eigenvalue weighted by Gasteiger charge is -2.31. The standard InChI is InChI=1S/C25H30N4O3/c1-14(2)12-29-13-22(17(5)30)24(31)21-11-20(25(32)28-7-6-8-28)18(10-23(21)29)9-19-15(3)26-27-16(19)4/h10-11,13-14H,6-9,12H2,1-5H3,(H,26,27). The second-order valence-corrected chi connectivity index (χ2v) is 9.24. The van der Waals surface area contributed by atoms with Crippen molar-refractivity contribution in [1.29, 1.82) is 0 Å². The average Bonchev–Trinajstić information content (AvgIpc) is 2.99. The molecular formula is C25H30N4O3. The Bertz CT molecular complexity index is 1260. The fourth-order valence-electron chi connectivity index (χ4n) is 4.34. The van der Waals surface area contributed by atoms with Crippen molar-refractivity contribution in [2.24, 2.45) is 5.92 Å². The molecule has 3 heterocycles. The first-order valence-electron chi connectivity index (χ1n) is 11.2. The van der Waals surface area contributed by atoms with Crippen molar-refractivity contribution in [3.63, 3.8) is 0 Å². The van der Waals surface area contributed by atoms with Crippen LogP contribution in [0.4, 0.5) is 0 Å². The van der Waals surface area contributed by atoms with Gasteiger partial charge < -0.3 is 9.47 Å². The van der Waals surface area contributed by atoms with Gasteiger partial charge in [0.25, 0.3) is 5.91 Å². The van der Waals surface area contributed by atoms with Crippen molar-refractivity contribution in [2.45, 2.75) is 54.0 Å². The van der Waals surface area contributed by atoms with Gasteiger partial charge in [0.15, 0.2) is 11.2 Å². The number of aromatic amines is 1. The van der Waals surface area contributed by atoms with Crippen LogP contribution < -0.4 is 5.43 Å². The first kappa shape index (κ1) is 22.0. The van der Waals surface area contributed by atoms with Crippen LogP contribution in [0.15, 0.2) is 23.1 Å². The Balaban J connectivity index is 1.99. The Hall–Kier alpha value is -3.22. The predicted molar refractivity (Wildman–Crippen MR) is 124 cm³/mol. The Labute approximate surface area is 187 Å². The molecule has 0 saturated carbocycles. The van der Waals surface area contributed by atoms with E-state index >= 15 is 0 Å². The van der Waals surface area contributed by atoms with E-state index < -0.39 is 0 Å². The third-order valence-electron chi connectivity index (χ3n) is 6.27. The van der Waals surface area contributed by atoms with Crippen LogP contribution >= 0.6 is 0 Å². The van der Waals surface area contributed by atoms with E-state index in [2.05, 4.69) is 24.0 Å². The van der Waals surface area contributed by atoms with Crippen LogP contribution in [0.1, 0.15) is 70.4 Å². The summed E-state index contributed by atoms with van der Waals surface area (Å²) in [4.78, 5) is 40.5. The molecule has 0 radical (unpaired) electrons. The maximum Gasteiger partial charge on any atom is 0.254 e. The highest BCUT2D eigenvalue weighted by Crippen LogP contribution is 2.26. The third kappa shape index (κ3) is 3.87. The highest BCUT2D eigenvalue weighted by Gasteiger charge is 2.26. The zero-order chi connectivity index (χ0) is 23.2. The lowest BCUT2D eigenvalue weighted by atomic mass is 9.94. The first-order valence-corrected chi connectivity index (χ1v) is 11.2. The van der Waals surface area contributed by atoms with Gasteiger partial charge in [-0.2, -0.15) is 5.10 Å². The molecule has 7 heteroatoms. The fourth-order valence-corrected chi connectivity index (χ4v) is 4.34. The van der Waals surface area contributed by atoms with Crippen LogP contribution in [0, 0.1) is 19.8 Å². The lowest BCUT2D eigenvalue weighted by molar-refractivity contribution is 0.0651. The van der Waals surface area contributed by atoms with Crippen LogP contribution in [0.5, 0.6) is 0 Å². The summed E-state index contributed by atoms with van der Waals surface area (Å²) in [5.74, 6) is -0.00143. The van der Waals surface area contributed by atoms with Gasteiger partial charge in [-0.3, -0.25) is 19.5 Å². The van der Waals surface area contributed by atoms with Crippen molar-refractivity contribution < 1.29 is 9.59 Å². The van der Waals surface area contributed by atoms with E-state index in [9.17, 15) is 14.4 Å². The van der Waals surface area contributed by atoms with Crippen LogP contribution in [-0.4, -0.2) is 44.4 Å². The van der Waals surface area contributed by atoms with E-state index in [0.29, 0.717) is 29.8 Å². The van der Waals surface area contributed by atoms with E-state index in [1.54, 1.807) is 17.2 Å². The molecule has 1 N–H and O–H groups in total. The SMILES string of the molecule is CC(=O)c1cn(CC(C)C)c2cc(Cc3c(C)n[nH]c3C)c(C(=O)N3CCC3)cc2c1=O. The van der Waals surface area contributed by atoms with Gasteiger partial charge in [0.2, 0.25) is 0 Å². The summed E-state index contributed by atoms with van der Waals surface area (Å²) in [6, 6.07) is 3.67. The van der Waals surface area contributed by atoms with Gasteiger partial charge in [0.05, 0.1) is 16.8 Å². The van der Waals surface area contributed by atoms with Gasteiger partial charge in [-0.1, -0.05) is 13.8 Å². The molecule has 1 aromatic carbocycles. The molecule has 1 amide bonds. The Morgan fingerprint density at radius 2 is 1.88 bits per heavy atom. The zero-order valence-corrected chi connectivity index (χ0v) is 19.4. The molecule has 0 bridgehead atoms. The number of nitrogens with zero attached hydrogens (tertiary/aromatic N) is 3. The molecule has 1 aliphatic heterocycles. The quantitative estimate of drug-likeness (QED) is 0.600. The highest BCUT2D eigenvalue weighted by atomic mass is 16.2. The molecule has 2 aromatic heterocycles. The number of ketones is 1. The number of carbonyl (C=O) groups is 2. The molecule has 1 fully saturated rings. The van der Waals surface area contributed by atoms with Crippen LogP contribution in [0.25, 0.3) is 10.9 Å². The topological polar surface area (TPSA) is 88.1 Å². The number of carbonyl (C=O) groups excluding carboxylic acids is 2. The van der Waals surface area contributed by atoms with Gasteiger partial charge in [-0.15, -0.1) is 0 Å². The summed E-state index contributed by atoms with van der Waals surface area (Å²) in [7, 11) is 0. The number of hydrogen-bond acceptors (Lipinski definition) is 4. The smallest absolute Gasteiger partial charge is 0.254 e. The first-order chi connectivity index (χ1) is 15.2. The number of likely N-dealkylation sites (tertiary alicyclic amines) is 1. The van der Waals surface area contributed by atoms with Gasteiger partial charge in [0.1, 0.15) is 0 Å². The molecule has 1 saturated heterocycles. The summed E-state index contributed by atoms with van der Waals surface area (Å²) < 4.78 is 1.98. The van der Waals surface area contributed by atoms with Crippen molar-refractivity contribution in [3.8, 4) is 0 Å². The second-order valence-electron chi connectivity index (χ2n) is 9.24. The van der Waals surface area contributed by atoms with Gasteiger partial charge >= 0.3 is 0 Å². The Morgan fingerprint density at radius 3 is 2.41 bits per heavy atom. The molecule has 7 nitrogen and oxygen atoms in total. The molecule has 0 atom stereocenters. The van der Waals surface area contributed by atoms with Crippen LogP contribution in [0.2, 0.25) is 0 Å². The molecule has 32 heavy (non-hydrogen) atoms. The number of fused-ring (bicyclic) bond motifs is 1. The molecule has 0 unspecified atom stereocenters. The lowest BCUT2D eigenvalue weighted by Crippen LogP contribution is -2.42. The molecule has 0 aliphatic carbocycles. The number of pyridine rings is 1. The van der Waals surface area contributed by atoms with Crippen LogP contribution in [0.3, 0.4) is 0 Å². The number of Topliss-reactive ketones (excluding diaryl/α,β-unsaturated/α-hetero) is 1. The largest absolute Gasteiger partial charge is 0.346 e. The minimum absolute atomic E-state index is 0.0602. The number of benzene rings is 1. The van der Waals surface area contributed by atoms with E-state index in [0.717, 1.165) is 47.5 Å². The highest BCUT2D eigenvalue weighted by molar-refractivity contribution is 6.02. The molecule has 168 valence electrons. The van der Waals surface area contributed by atoms with Gasteiger partial charge in [0, 0.05) is 54.5 Å². The van der Waals surface area contributed by atoms with E-state index in [-0.39, 0.29) is 22.7 Å². The molecule has 1 aliphatic rings. The normalized spacial score (nSPS) is 13.6. The molecule has 4 rings (SSSR count). The number of amides is 1. The maximum absolute atomic E-state index is 13.3. The fraction of sp³-hybridized carbons (Fsp3) is 0.440. The summed E-state index contributed by atoms with van der Waals surface area (Å²) in [6.07, 6.45) is 3.20. The van der Waals surface area contributed by atoms with Crippen molar-refractivity contribution in [3.05, 3.63) is 62.2 Å². The van der Waals surface area contributed by atoms with E-state index in [4.69, 9.17) is 0 Å². The van der Waals surface area contributed by atoms with E-state index in [1.807, 2.05) is 24.5 Å². The van der Waals surface area contributed by atoms with Crippen molar-refractivity contribution in [1.82, 2.24) is 19.7 Å². The Kier molecular flexibility index (Phi) is 5.75. The van der Waals surface area contributed by atoms with Crippen molar-refractivity contribution in [2.75, 3.05) is 13.1 Å². The number of rotatable bonds is 6. The van der Waals surface area contributed by atoms with E-state index in [1.165, 1.54) is 6.92 Å². The second kappa shape index (κ2) is 8.37. The summed E-state index contributed by atoms with van der Waals surface area (Å²) in [5.41, 5.74) is 4.93. The number of H-pyrrole nitrogens is 1. The number of hydrogen-bond donors (Lipinski definition) is 1. The van der Waals surface area contributed by atoms with Crippen LogP contribution in [-0.2, 0) is 13.0 Å². The zero-order valence-electron chi connectivity index (χ0n) is 19.4. The predicted octanol–water partition coefficient (Wildman–Crippen LogP) is 3.64. The minimum Gasteiger partial charge on any atom is -0.346 e.